The Bertz CT molecular complexity index is 556. The molecule has 1 aliphatic carbocycles. The van der Waals surface area contributed by atoms with Gasteiger partial charge in [0, 0.05) is 31.8 Å². The lowest BCUT2D eigenvalue weighted by atomic mass is 9.86. The van der Waals surface area contributed by atoms with Gasteiger partial charge in [0.2, 0.25) is 11.8 Å². The van der Waals surface area contributed by atoms with Crippen molar-refractivity contribution in [1.82, 2.24) is 20.0 Å². The number of nitrogens with zero attached hydrogens (tertiary/aromatic N) is 3. The van der Waals surface area contributed by atoms with Crippen molar-refractivity contribution in [2.75, 3.05) is 32.5 Å². The predicted molar refractivity (Wildman–Crippen MR) is 114 cm³/mol. The van der Waals surface area contributed by atoms with Crippen LogP contribution in [0.4, 0.5) is 5.82 Å². The molecule has 2 N–H and O–H groups in total. The van der Waals surface area contributed by atoms with Crippen LogP contribution in [0, 0.1) is 5.92 Å². The highest BCUT2D eigenvalue weighted by atomic mass is 127. The van der Waals surface area contributed by atoms with Gasteiger partial charge in [-0.25, -0.2) is 0 Å². The van der Waals surface area contributed by atoms with Crippen LogP contribution in [-0.4, -0.2) is 53.7 Å². The first-order valence-electron chi connectivity index (χ1n) is 9.27. The van der Waals surface area contributed by atoms with Crippen LogP contribution in [0.25, 0.3) is 0 Å². The molecular formula is C18H32IN5O2. The van der Waals surface area contributed by atoms with E-state index in [2.05, 4.69) is 15.7 Å². The van der Waals surface area contributed by atoms with Crippen molar-refractivity contribution in [1.29, 1.82) is 0 Å². The van der Waals surface area contributed by atoms with E-state index in [1.54, 1.807) is 16.9 Å². The van der Waals surface area contributed by atoms with E-state index >= 15 is 0 Å². The van der Waals surface area contributed by atoms with E-state index in [9.17, 15) is 9.59 Å². The van der Waals surface area contributed by atoms with E-state index in [1.807, 2.05) is 19.0 Å². The monoisotopic (exact) mass is 477 g/mol. The van der Waals surface area contributed by atoms with Crippen LogP contribution in [0.1, 0.15) is 44.9 Å². The molecule has 1 aromatic heterocycles. The van der Waals surface area contributed by atoms with E-state index in [-0.39, 0.29) is 42.3 Å². The molecule has 0 saturated heterocycles. The number of likely N-dealkylation sites (N-methyl/N-ethyl adjacent to an activating group) is 1. The Hall–Kier alpha value is -1.16. The van der Waals surface area contributed by atoms with E-state index in [1.165, 1.54) is 32.1 Å². The molecule has 0 atom stereocenters. The molecule has 0 bridgehead atoms. The molecule has 0 radical (unpaired) electrons. The zero-order valence-electron chi connectivity index (χ0n) is 15.9. The molecule has 1 fully saturated rings. The second-order valence-corrected chi connectivity index (χ2v) is 7.14. The first-order valence-corrected chi connectivity index (χ1v) is 9.27. The number of carbonyl (C=O) groups is 2. The highest BCUT2D eigenvalue weighted by Gasteiger charge is 2.15. The van der Waals surface area contributed by atoms with Gasteiger partial charge in [0.1, 0.15) is 6.54 Å². The molecule has 7 nitrogen and oxygen atoms in total. The molecule has 148 valence electrons. The van der Waals surface area contributed by atoms with Gasteiger partial charge in [-0.15, -0.1) is 24.0 Å². The Morgan fingerprint density at radius 1 is 1.23 bits per heavy atom. The largest absolute Gasteiger partial charge is 0.353 e. The maximum absolute atomic E-state index is 12.0. The third-order valence-corrected chi connectivity index (χ3v) is 4.60. The summed E-state index contributed by atoms with van der Waals surface area (Å²) in [7, 11) is 3.92. The minimum absolute atomic E-state index is 0. The van der Waals surface area contributed by atoms with Gasteiger partial charge in [-0.2, -0.15) is 5.10 Å². The van der Waals surface area contributed by atoms with Gasteiger partial charge in [0.05, 0.1) is 0 Å². The lowest BCUT2D eigenvalue weighted by molar-refractivity contribution is -0.121. The van der Waals surface area contributed by atoms with Crippen molar-refractivity contribution in [3.63, 3.8) is 0 Å². The number of rotatable bonds is 9. The Balaban J connectivity index is 0.00000338. The molecule has 1 heterocycles. The van der Waals surface area contributed by atoms with Gasteiger partial charge in [-0.1, -0.05) is 32.1 Å². The summed E-state index contributed by atoms with van der Waals surface area (Å²) in [4.78, 5) is 25.9. The standard InChI is InChI=1S/C18H31N5O2.HI/c1-22(2)13-11-19-18(25)14-23-12-10-16(21-23)20-17(24)9-8-15-6-4-3-5-7-15;/h10,12,15H,3-9,11,13-14H2,1-2H3,(H,19,25)(H,20,21,24);1H. The first-order chi connectivity index (χ1) is 12.0. The lowest BCUT2D eigenvalue weighted by Crippen LogP contribution is -2.33. The minimum atomic E-state index is -0.0832. The average molecular weight is 477 g/mol. The minimum Gasteiger partial charge on any atom is -0.353 e. The Morgan fingerprint density at radius 2 is 1.96 bits per heavy atom. The fourth-order valence-corrected chi connectivity index (χ4v) is 3.15. The highest BCUT2D eigenvalue weighted by molar-refractivity contribution is 14.0. The third kappa shape index (κ3) is 8.98. The van der Waals surface area contributed by atoms with Gasteiger partial charge >= 0.3 is 0 Å². The molecular weight excluding hydrogens is 445 g/mol. The van der Waals surface area contributed by atoms with Crippen molar-refractivity contribution >= 4 is 41.6 Å². The second kappa shape index (κ2) is 12.3. The van der Waals surface area contributed by atoms with Crippen LogP contribution in [0.15, 0.2) is 12.3 Å². The zero-order valence-corrected chi connectivity index (χ0v) is 18.2. The molecule has 1 aliphatic rings. The molecule has 1 aromatic rings. The van der Waals surface area contributed by atoms with Gasteiger partial charge in [-0.3, -0.25) is 14.3 Å². The van der Waals surface area contributed by atoms with Gasteiger partial charge in [0.15, 0.2) is 5.82 Å². The summed E-state index contributed by atoms with van der Waals surface area (Å²) in [6.45, 7) is 1.57. The Morgan fingerprint density at radius 3 is 2.65 bits per heavy atom. The van der Waals surface area contributed by atoms with Gasteiger partial charge in [0.25, 0.3) is 0 Å². The van der Waals surface area contributed by atoms with Crippen LogP contribution < -0.4 is 10.6 Å². The summed E-state index contributed by atoms with van der Waals surface area (Å²) in [5.41, 5.74) is 0. The Kier molecular flexibility index (Phi) is 10.8. The predicted octanol–water partition coefficient (Wildman–Crippen LogP) is 2.48. The summed E-state index contributed by atoms with van der Waals surface area (Å²) in [5.74, 6) is 1.13. The summed E-state index contributed by atoms with van der Waals surface area (Å²) >= 11 is 0. The number of nitrogens with one attached hydrogen (secondary N) is 2. The van der Waals surface area contributed by atoms with Crippen LogP contribution in [0.5, 0.6) is 0 Å². The molecule has 0 spiro atoms. The van der Waals surface area contributed by atoms with E-state index in [0.717, 1.165) is 13.0 Å². The van der Waals surface area contributed by atoms with Gasteiger partial charge in [-0.05, 0) is 26.4 Å². The molecule has 0 unspecified atom stereocenters. The van der Waals surface area contributed by atoms with Crippen LogP contribution >= 0.6 is 24.0 Å². The molecule has 26 heavy (non-hydrogen) atoms. The molecule has 0 aromatic carbocycles. The molecule has 2 rings (SSSR count). The maximum atomic E-state index is 12.0. The van der Waals surface area contributed by atoms with Crippen molar-refractivity contribution in [3.8, 4) is 0 Å². The second-order valence-electron chi connectivity index (χ2n) is 7.14. The van der Waals surface area contributed by atoms with Crippen molar-refractivity contribution < 1.29 is 9.59 Å². The van der Waals surface area contributed by atoms with Crippen molar-refractivity contribution in [2.24, 2.45) is 5.92 Å². The van der Waals surface area contributed by atoms with Crippen LogP contribution in [0.2, 0.25) is 0 Å². The fourth-order valence-electron chi connectivity index (χ4n) is 3.15. The number of aromatic nitrogens is 2. The molecule has 2 amide bonds. The summed E-state index contributed by atoms with van der Waals surface area (Å²) in [6.07, 6.45) is 9.66. The molecule has 8 heteroatoms. The van der Waals surface area contributed by atoms with Crippen molar-refractivity contribution in [2.45, 2.75) is 51.5 Å². The van der Waals surface area contributed by atoms with Crippen molar-refractivity contribution in [3.05, 3.63) is 12.3 Å². The number of anilines is 1. The van der Waals surface area contributed by atoms with Crippen LogP contribution in [-0.2, 0) is 16.1 Å². The van der Waals surface area contributed by atoms with E-state index in [0.29, 0.717) is 24.7 Å². The van der Waals surface area contributed by atoms with E-state index < -0.39 is 0 Å². The topological polar surface area (TPSA) is 79.3 Å². The molecule has 1 saturated carbocycles. The molecule has 0 aliphatic heterocycles. The summed E-state index contributed by atoms with van der Waals surface area (Å²) in [6, 6.07) is 1.73. The lowest BCUT2D eigenvalue weighted by Gasteiger charge is -2.20. The number of amides is 2. The number of halogens is 1. The summed E-state index contributed by atoms with van der Waals surface area (Å²) < 4.78 is 1.54. The third-order valence-electron chi connectivity index (χ3n) is 4.60. The maximum Gasteiger partial charge on any atom is 0.241 e. The number of hydrogen-bond donors (Lipinski definition) is 2. The quantitative estimate of drug-likeness (QED) is 0.536. The van der Waals surface area contributed by atoms with Gasteiger partial charge < -0.3 is 15.5 Å². The normalized spacial score (nSPS) is 14.7. The first kappa shape index (κ1) is 22.9. The average Bonchev–Trinajstić information content (AvgIpc) is 3.00. The fraction of sp³-hybridized carbons (Fsp3) is 0.722. The van der Waals surface area contributed by atoms with E-state index in [4.69, 9.17) is 0 Å². The highest BCUT2D eigenvalue weighted by Crippen LogP contribution is 2.27. The Labute approximate surface area is 173 Å². The number of hydrogen-bond acceptors (Lipinski definition) is 4. The summed E-state index contributed by atoms with van der Waals surface area (Å²) in [5, 5.41) is 9.91. The zero-order chi connectivity index (χ0) is 18.1. The smallest absolute Gasteiger partial charge is 0.241 e. The van der Waals surface area contributed by atoms with Crippen LogP contribution in [0.3, 0.4) is 0 Å². The number of carbonyl (C=O) groups excluding carboxylic acids is 2. The SMILES string of the molecule is CN(C)CCNC(=O)Cn1ccc(NC(=O)CCC2CCCCC2)n1.I.